The van der Waals surface area contributed by atoms with Gasteiger partial charge < -0.3 is 9.80 Å². The first-order valence-corrected chi connectivity index (χ1v) is 7.28. The third kappa shape index (κ3) is 2.76. The number of nitro groups is 1. The molecule has 0 radical (unpaired) electrons. The largest absolute Gasteiger partial charge is 0.340 e. The van der Waals surface area contributed by atoms with E-state index in [1.54, 1.807) is 12.1 Å². The highest BCUT2D eigenvalue weighted by Gasteiger charge is 2.32. The number of hydrogen-bond acceptors (Lipinski definition) is 4. The van der Waals surface area contributed by atoms with E-state index in [2.05, 4.69) is 11.9 Å². The van der Waals surface area contributed by atoms with Crippen LogP contribution in [0.2, 0.25) is 0 Å². The van der Waals surface area contributed by atoms with Gasteiger partial charge in [0, 0.05) is 44.2 Å². The number of likely N-dealkylation sites (N-methyl/N-ethyl adjacent to an activating group) is 1. The Balaban J connectivity index is 1.69. The van der Waals surface area contributed by atoms with Crippen LogP contribution in [-0.4, -0.2) is 53.9 Å². The van der Waals surface area contributed by atoms with E-state index in [9.17, 15) is 14.9 Å². The Hall–Kier alpha value is -1.95. The van der Waals surface area contributed by atoms with Gasteiger partial charge in [-0.3, -0.25) is 14.9 Å². The Morgan fingerprint density at radius 1 is 1.19 bits per heavy atom. The predicted octanol–water partition coefficient (Wildman–Crippen LogP) is 1.08. The molecule has 1 saturated heterocycles. The van der Waals surface area contributed by atoms with Crippen LogP contribution in [0.3, 0.4) is 0 Å². The molecule has 0 bridgehead atoms. The molecule has 1 aliphatic heterocycles. The van der Waals surface area contributed by atoms with Crippen molar-refractivity contribution in [2.45, 2.75) is 12.8 Å². The summed E-state index contributed by atoms with van der Waals surface area (Å²) in [4.78, 5) is 27.2. The van der Waals surface area contributed by atoms with Gasteiger partial charge in [0.15, 0.2) is 0 Å². The molecule has 1 heterocycles. The first-order chi connectivity index (χ1) is 10.0. The normalized spacial score (nSPS) is 22.1. The Labute approximate surface area is 123 Å². The maximum absolute atomic E-state index is 12.6. The molecular weight excluding hydrogens is 270 g/mol. The van der Waals surface area contributed by atoms with Crippen molar-refractivity contribution < 1.29 is 9.72 Å². The quantitative estimate of drug-likeness (QED) is 0.603. The molecule has 0 saturated carbocycles. The van der Waals surface area contributed by atoms with Crippen LogP contribution in [0.25, 0.3) is 0 Å². The Morgan fingerprint density at radius 3 is 2.52 bits per heavy atom. The number of benzene rings is 1. The second kappa shape index (κ2) is 5.44. The fourth-order valence-corrected chi connectivity index (χ4v) is 3.18. The lowest BCUT2D eigenvalue weighted by Crippen LogP contribution is -2.49. The van der Waals surface area contributed by atoms with Crippen LogP contribution in [0.5, 0.6) is 0 Å². The summed E-state index contributed by atoms with van der Waals surface area (Å²) < 4.78 is 0. The molecule has 6 nitrogen and oxygen atoms in total. The molecule has 1 aromatic rings. The van der Waals surface area contributed by atoms with Gasteiger partial charge in [0.25, 0.3) is 5.69 Å². The smallest absolute Gasteiger partial charge is 0.269 e. The summed E-state index contributed by atoms with van der Waals surface area (Å²) >= 11 is 0. The molecule has 0 aromatic heterocycles. The molecule has 0 N–H and O–H groups in total. The van der Waals surface area contributed by atoms with Crippen molar-refractivity contribution in [3.05, 3.63) is 39.4 Å². The van der Waals surface area contributed by atoms with Gasteiger partial charge in [-0.25, -0.2) is 0 Å². The molecule has 1 atom stereocenters. The first-order valence-electron chi connectivity index (χ1n) is 7.28. The number of carbonyl (C=O) groups is 1. The fraction of sp³-hybridized carbons (Fsp3) is 0.533. The minimum atomic E-state index is -0.379. The minimum Gasteiger partial charge on any atom is -0.340 e. The molecular formula is C15H19N3O3. The lowest BCUT2D eigenvalue weighted by atomic mass is 10.0. The van der Waals surface area contributed by atoms with Crippen molar-refractivity contribution in [1.82, 2.24) is 9.80 Å². The maximum atomic E-state index is 12.6. The minimum absolute atomic E-state index is 0.0505. The number of rotatable bonds is 2. The number of nitro benzene ring substituents is 1. The summed E-state index contributed by atoms with van der Waals surface area (Å²) in [5, 5.41) is 10.8. The van der Waals surface area contributed by atoms with E-state index in [0.29, 0.717) is 12.8 Å². The number of carbonyl (C=O) groups excluding carboxylic acids is 1. The third-order valence-electron chi connectivity index (χ3n) is 4.50. The molecule has 112 valence electrons. The number of hydrogen-bond donors (Lipinski definition) is 0. The number of nitrogens with zero attached hydrogens (tertiary/aromatic N) is 3. The molecule has 1 amide bonds. The average molecular weight is 289 g/mol. The van der Waals surface area contributed by atoms with E-state index in [1.807, 2.05) is 4.90 Å². The van der Waals surface area contributed by atoms with Gasteiger partial charge in [0.1, 0.15) is 0 Å². The van der Waals surface area contributed by atoms with Crippen molar-refractivity contribution in [2.75, 3.05) is 33.2 Å². The molecule has 0 spiro atoms. The van der Waals surface area contributed by atoms with Crippen LogP contribution >= 0.6 is 0 Å². The Bertz CT molecular complexity index is 580. The molecule has 1 aliphatic carbocycles. The predicted molar refractivity (Wildman–Crippen MR) is 78.1 cm³/mol. The lowest BCUT2D eigenvalue weighted by molar-refractivity contribution is -0.384. The summed E-state index contributed by atoms with van der Waals surface area (Å²) in [6.45, 7) is 3.39. The average Bonchev–Trinajstić information content (AvgIpc) is 2.90. The van der Waals surface area contributed by atoms with E-state index in [1.165, 1.54) is 6.07 Å². The van der Waals surface area contributed by atoms with Gasteiger partial charge in [0.05, 0.1) is 4.92 Å². The number of non-ortho nitro benzene ring substituents is 1. The van der Waals surface area contributed by atoms with Crippen molar-refractivity contribution >= 4 is 11.6 Å². The van der Waals surface area contributed by atoms with Crippen LogP contribution in [-0.2, 0) is 17.6 Å². The van der Waals surface area contributed by atoms with Gasteiger partial charge >= 0.3 is 0 Å². The third-order valence-corrected chi connectivity index (χ3v) is 4.50. The highest BCUT2D eigenvalue weighted by atomic mass is 16.6. The van der Waals surface area contributed by atoms with Gasteiger partial charge in [-0.2, -0.15) is 0 Å². The number of piperazine rings is 1. The van der Waals surface area contributed by atoms with Gasteiger partial charge in [-0.15, -0.1) is 0 Å². The monoisotopic (exact) mass is 289 g/mol. The van der Waals surface area contributed by atoms with E-state index in [-0.39, 0.29) is 22.4 Å². The molecule has 1 aromatic carbocycles. The number of amides is 1. The summed E-state index contributed by atoms with van der Waals surface area (Å²) in [7, 11) is 2.06. The molecule has 6 heteroatoms. The van der Waals surface area contributed by atoms with Gasteiger partial charge in [-0.05, 0) is 31.0 Å². The summed E-state index contributed by atoms with van der Waals surface area (Å²) in [6.07, 6.45) is 1.33. The maximum Gasteiger partial charge on any atom is 0.269 e. The Morgan fingerprint density at radius 2 is 1.86 bits per heavy atom. The zero-order valence-electron chi connectivity index (χ0n) is 12.1. The van der Waals surface area contributed by atoms with Gasteiger partial charge in [0.2, 0.25) is 5.91 Å². The van der Waals surface area contributed by atoms with E-state index in [4.69, 9.17) is 0 Å². The van der Waals surface area contributed by atoms with Crippen LogP contribution < -0.4 is 0 Å². The van der Waals surface area contributed by atoms with Crippen LogP contribution in [0.1, 0.15) is 11.1 Å². The van der Waals surface area contributed by atoms with Crippen molar-refractivity contribution in [2.24, 2.45) is 5.92 Å². The summed E-state index contributed by atoms with van der Waals surface area (Å²) in [5.74, 6) is 0.146. The molecule has 3 rings (SSSR count). The summed E-state index contributed by atoms with van der Waals surface area (Å²) in [5.41, 5.74) is 2.14. The van der Waals surface area contributed by atoms with Crippen LogP contribution in [0, 0.1) is 16.0 Å². The van der Waals surface area contributed by atoms with Crippen LogP contribution in [0.4, 0.5) is 5.69 Å². The summed E-state index contributed by atoms with van der Waals surface area (Å²) in [6, 6.07) is 4.94. The van der Waals surface area contributed by atoms with E-state index >= 15 is 0 Å². The fourth-order valence-electron chi connectivity index (χ4n) is 3.18. The number of fused-ring (bicyclic) bond motifs is 1. The van der Waals surface area contributed by atoms with Crippen molar-refractivity contribution in [3.63, 3.8) is 0 Å². The topological polar surface area (TPSA) is 66.7 Å². The highest BCUT2D eigenvalue weighted by molar-refractivity contribution is 5.80. The van der Waals surface area contributed by atoms with Crippen molar-refractivity contribution in [1.29, 1.82) is 0 Å². The molecule has 2 aliphatic rings. The molecule has 21 heavy (non-hydrogen) atoms. The highest BCUT2D eigenvalue weighted by Crippen LogP contribution is 2.31. The zero-order valence-corrected chi connectivity index (χ0v) is 12.1. The molecule has 0 unspecified atom stereocenters. The van der Waals surface area contributed by atoms with E-state index < -0.39 is 0 Å². The zero-order chi connectivity index (χ0) is 15.0. The van der Waals surface area contributed by atoms with Crippen molar-refractivity contribution in [3.8, 4) is 0 Å². The van der Waals surface area contributed by atoms with E-state index in [0.717, 1.165) is 37.3 Å². The van der Waals surface area contributed by atoms with Gasteiger partial charge in [-0.1, -0.05) is 6.07 Å². The van der Waals surface area contributed by atoms with Crippen LogP contribution in [0.15, 0.2) is 18.2 Å². The standard InChI is InChI=1S/C15H19N3O3/c1-16-4-6-17(7-5-16)15(19)13-8-11-2-3-14(18(20)21)10-12(11)9-13/h2-3,10,13H,4-9H2,1H3/t13-/m1/s1. The second-order valence-electron chi connectivity index (χ2n) is 5.94. The lowest BCUT2D eigenvalue weighted by Gasteiger charge is -2.34. The molecule has 1 fully saturated rings. The first kappa shape index (κ1) is 14.0. The second-order valence-corrected chi connectivity index (χ2v) is 5.94. The Kier molecular flexibility index (Phi) is 3.63. The SMILES string of the molecule is CN1CCN(C(=O)[C@@H]2Cc3ccc([N+](=O)[O-])cc3C2)CC1.